The summed E-state index contributed by atoms with van der Waals surface area (Å²) < 4.78 is 15.4. The molecule has 0 saturated heterocycles. The Morgan fingerprint density at radius 2 is 1.79 bits per heavy atom. The molecule has 5 heteroatoms. The predicted molar refractivity (Wildman–Crippen MR) is 95.9 cm³/mol. The Morgan fingerprint density at radius 1 is 1.08 bits per heavy atom. The van der Waals surface area contributed by atoms with Crippen molar-refractivity contribution in [2.24, 2.45) is 0 Å². The van der Waals surface area contributed by atoms with Crippen LogP contribution >= 0.6 is 11.8 Å². The van der Waals surface area contributed by atoms with Crippen LogP contribution in [-0.4, -0.2) is 26.5 Å². The fourth-order valence-corrected chi connectivity index (χ4v) is 2.77. The van der Waals surface area contributed by atoms with Crippen molar-refractivity contribution in [1.29, 1.82) is 0 Å². The minimum Gasteiger partial charge on any atom is -0.468 e. The van der Waals surface area contributed by atoms with Gasteiger partial charge in [-0.05, 0) is 42.8 Å². The first-order valence-corrected chi connectivity index (χ1v) is 8.38. The van der Waals surface area contributed by atoms with E-state index >= 15 is 0 Å². The number of thioether (sulfide) groups is 1. The second kappa shape index (κ2) is 9.80. The molecule has 0 bridgehead atoms. The largest absolute Gasteiger partial charge is 0.468 e. The minimum absolute atomic E-state index is 0.202. The van der Waals surface area contributed by atoms with Gasteiger partial charge in [-0.3, -0.25) is 0 Å². The summed E-state index contributed by atoms with van der Waals surface area (Å²) in [6.07, 6.45) is 1.82. The lowest BCUT2D eigenvalue weighted by Crippen LogP contribution is -2.05. The van der Waals surface area contributed by atoms with E-state index in [1.54, 1.807) is 14.0 Å². The molecule has 24 heavy (non-hydrogen) atoms. The van der Waals surface area contributed by atoms with Crippen LogP contribution in [0.15, 0.2) is 64.4 Å². The highest BCUT2D eigenvalue weighted by Gasteiger charge is 2.12. The van der Waals surface area contributed by atoms with E-state index in [1.165, 1.54) is 11.8 Å². The monoisotopic (exact) mass is 344 g/mol. The summed E-state index contributed by atoms with van der Waals surface area (Å²) in [5.74, 6) is 0.383. The van der Waals surface area contributed by atoms with Gasteiger partial charge in [0, 0.05) is 12.0 Å². The van der Waals surface area contributed by atoms with E-state index < -0.39 is 0 Å². The Balaban J connectivity index is 2.18. The molecule has 0 radical (unpaired) electrons. The number of benzene rings is 2. The summed E-state index contributed by atoms with van der Waals surface area (Å²) in [6.45, 7) is 2.34. The maximum Gasteiger partial charge on any atom is 0.344 e. The van der Waals surface area contributed by atoms with Crippen LogP contribution in [0.25, 0.3) is 6.08 Å². The van der Waals surface area contributed by atoms with Gasteiger partial charge in [-0.1, -0.05) is 42.1 Å². The molecule has 0 amide bonds. The van der Waals surface area contributed by atoms with Crippen molar-refractivity contribution in [3.05, 3.63) is 65.1 Å². The van der Waals surface area contributed by atoms with Crippen LogP contribution in [0, 0.1) is 0 Å². The number of carbonyl (C=O) groups excluding carboxylic acids is 1. The number of rotatable bonds is 8. The lowest BCUT2D eigenvalue weighted by molar-refractivity contribution is -0.137. The normalized spacial score (nSPS) is 11.2. The number of methoxy groups -OCH3 is 1. The molecular weight excluding hydrogens is 324 g/mol. The van der Waals surface area contributed by atoms with Crippen molar-refractivity contribution >= 4 is 23.8 Å². The van der Waals surface area contributed by atoms with Crippen LogP contribution < -0.4 is 4.74 Å². The summed E-state index contributed by atoms with van der Waals surface area (Å²) in [4.78, 5) is 13.7. The Bertz CT molecular complexity index is 666. The molecule has 0 unspecified atom stereocenters. The van der Waals surface area contributed by atoms with Gasteiger partial charge in [0.05, 0.1) is 11.5 Å². The fourth-order valence-electron chi connectivity index (χ4n) is 1.89. The Kier molecular flexibility index (Phi) is 7.39. The molecule has 4 nitrogen and oxygen atoms in total. The lowest BCUT2D eigenvalue weighted by atomic mass is 10.2. The third kappa shape index (κ3) is 5.76. The van der Waals surface area contributed by atoms with Crippen LogP contribution in [0.5, 0.6) is 5.75 Å². The molecule has 0 atom stereocenters. The first-order chi connectivity index (χ1) is 11.7. The highest BCUT2D eigenvalue weighted by molar-refractivity contribution is 8.04. The van der Waals surface area contributed by atoms with Crippen molar-refractivity contribution in [2.75, 3.05) is 20.5 Å². The maximum absolute atomic E-state index is 12.2. The Labute approximate surface area is 146 Å². The summed E-state index contributed by atoms with van der Waals surface area (Å²) in [7, 11) is 1.57. The van der Waals surface area contributed by atoms with Gasteiger partial charge >= 0.3 is 5.97 Å². The van der Waals surface area contributed by atoms with E-state index in [4.69, 9.17) is 14.2 Å². The minimum atomic E-state index is -0.328. The number of hydrogen-bond acceptors (Lipinski definition) is 5. The van der Waals surface area contributed by atoms with Gasteiger partial charge in [0.2, 0.25) is 0 Å². The van der Waals surface area contributed by atoms with Crippen molar-refractivity contribution < 1.29 is 19.0 Å². The average Bonchev–Trinajstić information content (AvgIpc) is 2.61. The molecule has 0 spiro atoms. The summed E-state index contributed by atoms with van der Waals surface area (Å²) >= 11 is 1.39. The molecule has 0 aromatic heterocycles. The SMILES string of the molecule is CCOC(=O)C(=Cc1ccc(OCOC)cc1)Sc1ccccc1. The first-order valence-electron chi connectivity index (χ1n) is 7.56. The molecule has 2 aromatic rings. The molecule has 0 saturated carbocycles. The van der Waals surface area contributed by atoms with Gasteiger partial charge in [0.15, 0.2) is 6.79 Å². The molecule has 0 fully saturated rings. The zero-order valence-corrected chi connectivity index (χ0v) is 14.5. The first kappa shape index (κ1) is 18.1. The van der Waals surface area contributed by atoms with Crippen molar-refractivity contribution in [2.45, 2.75) is 11.8 Å². The number of ether oxygens (including phenoxy) is 3. The topological polar surface area (TPSA) is 44.8 Å². The molecule has 0 aliphatic carbocycles. The van der Waals surface area contributed by atoms with Crippen molar-refractivity contribution in [1.82, 2.24) is 0 Å². The molecular formula is C19H20O4S. The lowest BCUT2D eigenvalue weighted by Gasteiger charge is -2.08. The van der Waals surface area contributed by atoms with Gasteiger partial charge in [-0.15, -0.1) is 0 Å². The Hall–Kier alpha value is -2.24. The van der Waals surface area contributed by atoms with Crippen molar-refractivity contribution in [3.63, 3.8) is 0 Å². The zero-order valence-electron chi connectivity index (χ0n) is 13.7. The second-order valence-electron chi connectivity index (χ2n) is 4.76. The van der Waals surface area contributed by atoms with Crippen LogP contribution in [0.3, 0.4) is 0 Å². The average molecular weight is 344 g/mol. The second-order valence-corrected chi connectivity index (χ2v) is 5.88. The van der Waals surface area contributed by atoms with Gasteiger partial charge < -0.3 is 14.2 Å². The van der Waals surface area contributed by atoms with Crippen LogP contribution in [0.4, 0.5) is 0 Å². The molecule has 0 aliphatic rings. The van der Waals surface area contributed by atoms with Gasteiger partial charge in [0.1, 0.15) is 5.75 Å². The van der Waals surface area contributed by atoms with E-state index in [-0.39, 0.29) is 12.8 Å². The smallest absolute Gasteiger partial charge is 0.344 e. The van der Waals surface area contributed by atoms with Crippen LogP contribution in [0.1, 0.15) is 12.5 Å². The number of esters is 1. The van der Waals surface area contributed by atoms with Crippen molar-refractivity contribution in [3.8, 4) is 5.75 Å². The molecule has 126 valence electrons. The number of carbonyl (C=O) groups is 1. The zero-order chi connectivity index (χ0) is 17.2. The quantitative estimate of drug-likeness (QED) is 0.308. The van der Waals surface area contributed by atoms with Crippen LogP contribution in [-0.2, 0) is 14.3 Å². The summed E-state index contributed by atoms with van der Waals surface area (Å²) in [5.41, 5.74) is 0.895. The summed E-state index contributed by atoms with van der Waals surface area (Å²) in [5, 5.41) is 0. The molecule has 2 aromatic carbocycles. The molecule has 0 aliphatic heterocycles. The van der Waals surface area contributed by atoms with E-state index in [9.17, 15) is 4.79 Å². The van der Waals surface area contributed by atoms with E-state index in [0.717, 1.165) is 10.5 Å². The van der Waals surface area contributed by atoms with Gasteiger partial charge in [-0.2, -0.15) is 0 Å². The highest BCUT2D eigenvalue weighted by Crippen LogP contribution is 2.29. The Morgan fingerprint density at radius 3 is 2.42 bits per heavy atom. The van der Waals surface area contributed by atoms with E-state index in [0.29, 0.717) is 17.3 Å². The third-order valence-corrected chi connectivity index (χ3v) is 3.98. The van der Waals surface area contributed by atoms with Gasteiger partial charge in [0.25, 0.3) is 0 Å². The highest BCUT2D eigenvalue weighted by atomic mass is 32.2. The summed E-state index contributed by atoms with van der Waals surface area (Å²) in [6, 6.07) is 17.2. The molecule has 2 rings (SSSR count). The molecule has 0 N–H and O–H groups in total. The van der Waals surface area contributed by atoms with E-state index in [2.05, 4.69) is 0 Å². The van der Waals surface area contributed by atoms with Crippen LogP contribution in [0.2, 0.25) is 0 Å². The third-order valence-electron chi connectivity index (χ3n) is 2.97. The van der Waals surface area contributed by atoms with E-state index in [1.807, 2.05) is 60.7 Å². The fraction of sp³-hybridized carbons (Fsp3) is 0.211. The maximum atomic E-state index is 12.2. The predicted octanol–water partition coefficient (Wildman–Crippen LogP) is 4.37. The number of hydrogen-bond donors (Lipinski definition) is 0. The molecule has 0 heterocycles. The van der Waals surface area contributed by atoms with Gasteiger partial charge in [-0.25, -0.2) is 4.79 Å². The standard InChI is InChI=1S/C19H20O4S/c1-3-22-19(20)18(24-17-7-5-4-6-8-17)13-15-9-11-16(12-10-15)23-14-21-2/h4-13H,3,14H2,1-2H3.